The Morgan fingerprint density at radius 3 is 2.32 bits per heavy atom. The van der Waals surface area contributed by atoms with E-state index in [9.17, 15) is 13.2 Å². The zero-order chi connectivity index (χ0) is 15.6. The molecule has 0 saturated heterocycles. The molecule has 0 radical (unpaired) electrons. The van der Waals surface area contributed by atoms with E-state index in [0.717, 1.165) is 31.1 Å². The molecule has 1 saturated carbocycles. The fraction of sp³-hybridized carbons (Fsp3) is 0.471. The Labute approximate surface area is 131 Å². The molecular formula is C17H20O4S. The van der Waals surface area contributed by atoms with E-state index < -0.39 is 15.9 Å². The zero-order valence-corrected chi connectivity index (χ0v) is 13.2. The van der Waals surface area contributed by atoms with Crippen LogP contribution in [0.3, 0.4) is 0 Å². The molecule has 5 heteroatoms. The van der Waals surface area contributed by atoms with Crippen LogP contribution >= 0.6 is 0 Å². The van der Waals surface area contributed by atoms with Crippen molar-refractivity contribution in [3.05, 3.63) is 47.4 Å². The zero-order valence-electron chi connectivity index (χ0n) is 12.4. The molecule has 1 aliphatic heterocycles. The molecule has 1 aromatic rings. The molecule has 118 valence electrons. The lowest BCUT2D eigenvalue weighted by molar-refractivity contribution is -0.152. The van der Waals surface area contributed by atoms with Gasteiger partial charge in [-0.1, -0.05) is 30.3 Å². The highest BCUT2D eigenvalue weighted by molar-refractivity contribution is 7.94. The van der Waals surface area contributed by atoms with Crippen LogP contribution in [0.25, 0.3) is 0 Å². The van der Waals surface area contributed by atoms with Crippen LogP contribution < -0.4 is 0 Å². The molecule has 2 aliphatic rings. The molecule has 22 heavy (non-hydrogen) atoms. The third-order valence-corrected chi connectivity index (χ3v) is 5.86. The van der Waals surface area contributed by atoms with E-state index in [-0.39, 0.29) is 17.6 Å². The Bertz CT molecular complexity index is 655. The Hall–Kier alpha value is -1.62. The number of carbonyl (C=O) groups is 1. The Morgan fingerprint density at radius 1 is 1.05 bits per heavy atom. The molecule has 0 N–H and O–H groups in total. The summed E-state index contributed by atoms with van der Waals surface area (Å²) in [6, 6.07) is 10.4. The number of rotatable bonds is 3. The summed E-state index contributed by atoms with van der Waals surface area (Å²) < 4.78 is 28.0. The first-order valence-electron chi connectivity index (χ1n) is 7.70. The minimum Gasteiger partial charge on any atom is -0.457 e. The van der Waals surface area contributed by atoms with E-state index in [1.807, 2.05) is 18.2 Å². The van der Waals surface area contributed by atoms with Gasteiger partial charge in [0.25, 0.3) is 0 Å². The average Bonchev–Trinajstić information content (AvgIpc) is 2.87. The number of hydrogen-bond acceptors (Lipinski definition) is 4. The van der Waals surface area contributed by atoms with Crippen LogP contribution in [0.15, 0.2) is 41.8 Å². The van der Waals surface area contributed by atoms with Crippen LogP contribution in [-0.4, -0.2) is 26.2 Å². The van der Waals surface area contributed by atoms with Crippen molar-refractivity contribution in [1.82, 2.24) is 0 Å². The Morgan fingerprint density at radius 2 is 1.73 bits per heavy atom. The first-order valence-corrected chi connectivity index (χ1v) is 9.41. The second-order valence-corrected chi connectivity index (χ2v) is 8.02. The summed E-state index contributed by atoms with van der Waals surface area (Å²) in [4.78, 5) is 12.2. The van der Waals surface area contributed by atoms with Crippen molar-refractivity contribution in [3.63, 3.8) is 0 Å². The first-order chi connectivity index (χ1) is 10.5. The first kappa shape index (κ1) is 15.3. The highest BCUT2D eigenvalue weighted by Gasteiger charge is 2.31. The van der Waals surface area contributed by atoms with Gasteiger partial charge in [0.05, 0.1) is 11.7 Å². The van der Waals surface area contributed by atoms with E-state index in [4.69, 9.17) is 4.74 Å². The number of ether oxygens (including phenoxy) is 1. The summed E-state index contributed by atoms with van der Waals surface area (Å²) in [7, 11) is -3.17. The summed E-state index contributed by atoms with van der Waals surface area (Å²) in [6.45, 7) is 0. The van der Waals surface area contributed by atoms with E-state index >= 15 is 0 Å². The average molecular weight is 320 g/mol. The van der Waals surface area contributed by atoms with E-state index in [1.54, 1.807) is 0 Å². The van der Waals surface area contributed by atoms with Gasteiger partial charge < -0.3 is 4.74 Å². The van der Waals surface area contributed by atoms with Crippen molar-refractivity contribution in [2.45, 2.75) is 37.7 Å². The summed E-state index contributed by atoms with van der Waals surface area (Å²) in [6.07, 6.45) is 4.42. The number of carbonyl (C=O) groups excluding carboxylic acids is 1. The van der Waals surface area contributed by atoms with Gasteiger partial charge in [0, 0.05) is 5.41 Å². The monoisotopic (exact) mass is 320 g/mol. The second-order valence-electron chi connectivity index (χ2n) is 6.09. The SMILES string of the molecule is O=C(OC1C=CS(=O)(=O)C1)C1CCC(c2ccccc2)CC1. The van der Waals surface area contributed by atoms with Gasteiger partial charge in [0.15, 0.2) is 9.84 Å². The lowest BCUT2D eigenvalue weighted by Gasteiger charge is -2.28. The van der Waals surface area contributed by atoms with Crippen molar-refractivity contribution in [2.75, 3.05) is 5.75 Å². The second kappa shape index (κ2) is 6.24. The third-order valence-electron chi connectivity index (χ3n) is 4.50. The van der Waals surface area contributed by atoms with Gasteiger partial charge in [-0.15, -0.1) is 0 Å². The van der Waals surface area contributed by atoms with Gasteiger partial charge in [-0.3, -0.25) is 4.79 Å². The van der Waals surface area contributed by atoms with Crippen LogP contribution in [0.4, 0.5) is 0 Å². The normalized spacial score (nSPS) is 30.1. The van der Waals surface area contributed by atoms with Crippen LogP contribution in [0, 0.1) is 5.92 Å². The predicted octanol–water partition coefficient (Wildman–Crippen LogP) is 2.81. The van der Waals surface area contributed by atoms with Crippen molar-refractivity contribution in [1.29, 1.82) is 0 Å². The van der Waals surface area contributed by atoms with Gasteiger partial charge >= 0.3 is 5.97 Å². The molecule has 1 aromatic carbocycles. The van der Waals surface area contributed by atoms with Gasteiger partial charge in [-0.2, -0.15) is 0 Å². The molecule has 0 bridgehead atoms. The Kier molecular flexibility index (Phi) is 4.34. The summed E-state index contributed by atoms with van der Waals surface area (Å²) in [5.41, 5.74) is 1.33. The molecule has 1 heterocycles. The highest BCUT2D eigenvalue weighted by atomic mass is 32.2. The van der Waals surface area contributed by atoms with Gasteiger partial charge in [-0.25, -0.2) is 8.42 Å². The molecule has 0 amide bonds. The lowest BCUT2D eigenvalue weighted by Crippen LogP contribution is -2.28. The maximum Gasteiger partial charge on any atom is 0.309 e. The summed E-state index contributed by atoms with van der Waals surface area (Å²) >= 11 is 0. The van der Waals surface area contributed by atoms with Crippen molar-refractivity contribution in [3.8, 4) is 0 Å². The van der Waals surface area contributed by atoms with Crippen molar-refractivity contribution >= 4 is 15.8 Å². The number of hydrogen-bond donors (Lipinski definition) is 0. The van der Waals surface area contributed by atoms with E-state index in [0.29, 0.717) is 5.92 Å². The fourth-order valence-electron chi connectivity index (χ4n) is 3.25. The van der Waals surface area contributed by atoms with Crippen LogP contribution in [0.2, 0.25) is 0 Å². The van der Waals surface area contributed by atoms with Crippen molar-refractivity contribution in [2.24, 2.45) is 5.92 Å². The maximum absolute atomic E-state index is 12.2. The number of sulfone groups is 1. The van der Waals surface area contributed by atoms with Crippen LogP contribution in [-0.2, 0) is 19.4 Å². The highest BCUT2D eigenvalue weighted by Crippen LogP contribution is 2.36. The number of benzene rings is 1. The molecule has 1 aliphatic carbocycles. The summed E-state index contributed by atoms with van der Waals surface area (Å²) in [5, 5.41) is 1.14. The molecule has 3 rings (SSSR count). The maximum atomic E-state index is 12.2. The standard InChI is InChI=1S/C17H20O4S/c18-17(21-16-10-11-22(19,20)12-16)15-8-6-14(7-9-15)13-4-2-1-3-5-13/h1-5,10-11,14-16H,6-9,12H2. The Balaban J connectivity index is 1.51. The molecule has 0 spiro atoms. The molecule has 1 unspecified atom stereocenters. The summed E-state index contributed by atoms with van der Waals surface area (Å²) in [5.74, 6) is 0.0462. The van der Waals surface area contributed by atoms with E-state index in [1.165, 1.54) is 11.6 Å². The molecule has 0 aromatic heterocycles. The van der Waals surface area contributed by atoms with Crippen LogP contribution in [0.5, 0.6) is 0 Å². The minimum absolute atomic E-state index is 0.100. The minimum atomic E-state index is -3.17. The molecular weight excluding hydrogens is 300 g/mol. The van der Waals surface area contributed by atoms with Gasteiger partial charge in [0.1, 0.15) is 6.10 Å². The molecule has 1 fully saturated rings. The quantitative estimate of drug-likeness (QED) is 0.804. The fourth-order valence-corrected chi connectivity index (χ4v) is 4.42. The molecule has 4 nitrogen and oxygen atoms in total. The third kappa shape index (κ3) is 3.58. The largest absolute Gasteiger partial charge is 0.457 e. The predicted molar refractivity (Wildman–Crippen MR) is 83.9 cm³/mol. The number of esters is 1. The van der Waals surface area contributed by atoms with Gasteiger partial charge in [0.2, 0.25) is 0 Å². The van der Waals surface area contributed by atoms with Crippen LogP contribution in [0.1, 0.15) is 37.2 Å². The van der Waals surface area contributed by atoms with Gasteiger partial charge in [-0.05, 0) is 43.2 Å². The van der Waals surface area contributed by atoms with Crippen molar-refractivity contribution < 1.29 is 17.9 Å². The van der Waals surface area contributed by atoms with E-state index in [2.05, 4.69) is 12.1 Å². The topological polar surface area (TPSA) is 60.4 Å². The lowest BCUT2D eigenvalue weighted by atomic mass is 9.79. The molecule has 1 atom stereocenters. The smallest absolute Gasteiger partial charge is 0.309 e.